The van der Waals surface area contributed by atoms with Gasteiger partial charge in [0.2, 0.25) is 5.13 Å². The molecule has 4 aliphatic rings. The van der Waals surface area contributed by atoms with Crippen LogP contribution in [-0.2, 0) is 0 Å². The van der Waals surface area contributed by atoms with Gasteiger partial charge in [-0.05, 0) is 55.8 Å². The Balaban J connectivity index is 1.56. The Bertz CT molecular complexity index is 348. The summed E-state index contributed by atoms with van der Waals surface area (Å²) in [6.45, 7) is 0. The second-order valence-corrected chi connectivity index (χ2v) is 6.68. The summed E-state index contributed by atoms with van der Waals surface area (Å²) in [5.74, 6) is 3.94. The van der Waals surface area contributed by atoms with Crippen molar-refractivity contribution in [3.8, 4) is 0 Å². The zero-order valence-electron chi connectivity index (χ0n) is 9.30. The normalized spacial score (nSPS) is 44.9. The Hall–Kier alpha value is -0.640. The molecule has 1 heterocycles. The second kappa shape index (κ2) is 3.42. The van der Waals surface area contributed by atoms with E-state index in [4.69, 9.17) is 0 Å². The van der Waals surface area contributed by atoms with Crippen molar-refractivity contribution in [3.05, 3.63) is 5.51 Å². The molecule has 0 aromatic carbocycles. The van der Waals surface area contributed by atoms with Crippen LogP contribution in [0.3, 0.4) is 0 Å². The van der Waals surface area contributed by atoms with Gasteiger partial charge in [0.1, 0.15) is 5.51 Å². The van der Waals surface area contributed by atoms with Crippen molar-refractivity contribution in [1.29, 1.82) is 0 Å². The van der Waals surface area contributed by atoms with Crippen LogP contribution in [0.5, 0.6) is 0 Å². The average molecular weight is 235 g/mol. The molecule has 1 N–H and O–H groups in total. The summed E-state index contributed by atoms with van der Waals surface area (Å²) in [6, 6.07) is 0.695. The molecule has 5 rings (SSSR count). The predicted molar refractivity (Wildman–Crippen MR) is 64.4 cm³/mol. The minimum atomic E-state index is 0.695. The number of aromatic nitrogens is 2. The molecule has 4 bridgehead atoms. The zero-order chi connectivity index (χ0) is 10.5. The molecule has 16 heavy (non-hydrogen) atoms. The van der Waals surface area contributed by atoms with Crippen molar-refractivity contribution >= 4 is 16.5 Å². The molecule has 4 heteroatoms. The fourth-order valence-electron chi connectivity index (χ4n) is 4.54. The van der Waals surface area contributed by atoms with E-state index in [-0.39, 0.29) is 0 Å². The summed E-state index contributed by atoms with van der Waals surface area (Å²) < 4.78 is 0. The third kappa shape index (κ3) is 1.39. The quantitative estimate of drug-likeness (QED) is 0.856. The van der Waals surface area contributed by atoms with Gasteiger partial charge in [-0.15, -0.1) is 10.2 Å². The second-order valence-electron chi connectivity index (χ2n) is 5.84. The van der Waals surface area contributed by atoms with Crippen molar-refractivity contribution in [2.24, 2.45) is 23.7 Å². The number of rotatable bonds is 2. The van der Waals surface area contributed by atoms with Gasteiger partial charge >= 0.3 is 0 Å². The zero-order valence-corrected chi connectivity index (χ0v) is 10.1. The van der Waals surface area contributed by atoms with E-state index in [0.717, 1.165) is 28.8 Å². The lowest BCUT2D eigenvalue weighted by Crippen LogP contribution is -2.51. The number of nitrogens with zero attached hydrogens (tertiary/aromatic N) is 2. The lowest BCUT2D eigenvalue weighted by Gasteiger charge is -2.54. The van der Waals surface area contributed by atoms with E-state index < -0.39 is 0 Å². The number of nitrogens with one attached hydrogen (secondary N) is 1. The maximum absolute atomic E-state index is 4.13. The standard InChI is InChI=1S/C12H17N3S/c1-7-2-9-4-8(1)5-10(3-7)11(9)14-12-15-13-6-16-12/h6-11H,1-5H2,(H,14,15). The monoisotopic (exact) mass is 235 g/mol. The fourth-order valence-corrected chi connectivity index (χ4v) is 5.03. The molecule has 0 amide bonds. The first-order valence-electron chi connectivity index (χ1n) is 6.41. The Kier molecular flexibility index (Phi) is 2.01. The van der Waals surface area contributed by atoms with Crippen LogP contribution in [0.15, 0.2) is 5.51 Å². The van der Waals surface area contributed by atoms with E-state index in [2.05, 4.69) is 15.5 Å². The summed E-state index contributed by atoms with van der Waals surface area (Å²) in [5, 5.41) is 12.7. The molecule has 86 valence electrons. The summed E-state index contributed by atoms with van der Waals surface area (Å²) in [6.07, 6.45) is 7.37. The van der Waals surface area contributed by atoms with Gasteiger partial charge in [-0.25, -0.2) is 0 Å². The van der Waals surface area contributed by atoms with Crippen LogP contribution in [0.25, 0.3) is 0 Å². The molecule has 4 aliphatic carbocycles. The molecular weight excluding hydrogens is 218 g/mol. The summed E-state index contributed by atoms with van der Waals surface area (Å²) >= 11 is 1.63. The first-order valence-corrected chi connectivity index (χ1v) is 7.29. The highest BCUT2D eigenvalue weighted by Crippen LogP contribution is 2.54. The number of hydrogen-bond acceptors (Lipinski definition) is 4. The fraction of sp³-hybridized carbons (Fsp3) is 0.833. The Labute approximate surface area is 99.7 Å². The molecule has 1 aromatic heterocycles. The molecule has 0 aliphatic heterocycles. The molecule has 4 saturated carbocycles. The first kappa shape index (κ1) is 9.40. The van der Waals surface area contributed by atoms with E-state index in [1.165, 1.54) is 32.1 Å². The highest BCUT2D eigenvalue weighted by Gasteiger charge is 2.48. The van der Waals surface area contributed by atoms with Crippen molar-refractivity contribution in [1.82, 2.24) is 10.2 Å². The van der Waals surface area contributed by atoms with Crippen molar-refractivity contribution < 1.29 is 0 Å². The largest absolute Gasteiger partial charge is 0.357 e. The highest BCUT2D eigenvalue weighted by atomic mass is 32.1. The molecular formula is C12H17N3S. The van der Waals surface area contributed by atoms with Gasteiger partial charge < -0.3 is 5.32 Å². The minimum Gasteiger partial charge on any atom is -0.357 e. The van der Waals surface area contributed by atoms with E-state index in [1.54, 1.807) is 11.3 Å². The summed E-state index contributed by atoms with van der Waals surface area (Å²) in [7, 11) is 0. The molecule has 3 nitrogen and oxygen atoms in total. The lowest BCUT2D eigenvalue weighted by atomic mass is 9.54. The van der Waals surface area contributed by atoms with Crippen LogP contribution >= 0.6 is 11.3 Å². The Morgan fingerprint density at radius 3 is 2.31 bits per heavy atom. The Morgan fingerprint density at radius 1 is 1.06 bits per heavy atom. The minimum absolute atomic E-state index is 0.695. The van der Waals surface area contributed by atoms with Crippen LogP contribution < -0.4 is 5.32 Å². The molecule has 4 fully saturated rings. The van der Waals surface area contributed by atoms with Gasteiger partial charge in [0, 0.05) is 6.04 Å². The summed E-state index contributed by atoms with van der Waals surface area (Å²) in [4.78, 5) is 0. The van der Waals surface area contributed by atoms with Gasteiger partial charge in [-0.2, -0.15) is 0 Å². The maximum Gasteiger partial charge on any atom is 0.205 e. The van der Waals surface area contributed by atoms with Crippen LogP contribution in [-0.4, -0.2) is 16.2 Å². The third-order valence-corrected chi connectivity index (χ3v) is 5.50. The van der Waals surface area contributed by atoms with E-state index in [0.29, 0.717) is 6.04 Å². The maximum atomic E-state index is 4.13. The van der Waals surface area contributed by atoms with Gasteiger partial charge in [0.25, 0.3) is 0 Å². The highest BCUT2D eigenvalue weighted by molar-refractivity contribution is 7.13. The lowest BCUT2D eigenvalue weighted by molar-refractivity contribution is 0.00752. The molecule has 0 radical (unpaired) electrons. The topological polar surface area (TPSA) is 37.8 Å². The van der Waals surface area contributed by atoms with E-state index in [1.807, 2.05) is 5.51 Å². The van der Waals surface area contributed by atoms with Gasteiger partial charge in [-0.1, -0.05) is 11.3 Å². The van der Waals surface area contributed by atoms with Gasteiger partial charge in [0.05, 0.1) is 0 Å². The predicted octanol–water partition coefficient (Wildman–Crippen LogP) is 2.77. The number of hydrogen-bond donors (Lipinski definition) is 1. The average Bonchev–Trinajstić information content (AvgIpc) is 2.75. The van der Waals surface area contributed by atoms with Crippen LogP contribution in [0.1, 0.15) is 32.1 Å². The smallest absolute Gasteiger partial charge is 0.205 e. The van der Waals surface area contributed by atoms with Crippen molar-refractivity contribution in [2.75, 3.05) is 5.32 Å². The Morgan fingerprint density at radius 2 is 1.75 bits per heavy atom. The number of anilines is 1. The van der Waals surface area contributed by atoms with Crippen LogP contribution in [0.2, 0.25) is 0 Å². The van der Waals surface area contributed by atoms with E-state index in [9.17, 15) is 0 Å². The van der Waals surface area contributed by atoms with E-state index >= 15 is 0 Å². The van der Waals surface area contributed by atoms with Gasteiger partial charge in [-0.3, -0.25) is 0 Å². The molecule has 0 unspecified atom stereocenters. The van der Waals surface area contributed by atoms with Gasteiger partial charge in [0.15, 0.2) is 0 Å². The van der Waals surface area contributed by atoms with Crippen molar-refractivity contribution in [3.63, 3.8) is 0 Å². The van der Waals surface area contributed by atoms with Crippen LogP contribution in [0.4, 0.5) is 5.13 Å². The summed E-state index contributed by atoms with van der Waals surface area (Å²) in [5.41, 5.74) is 1.82. The third-order valence-electron chi connectivity index (χ3n) is 4.88. The molecule has 0 atom stereocenters. The SMILES string of the molecule is c1nnc(NC2C3CC4CC(C3)CC2C4)s1. The molecule has 0 spiro atoms. The molecule has 1 aromatic rings. The molecule has 0 saturated heterocycles. The first-order chi connectivity index (χ1) is 7.88. The van der Waals surface area contributed by atoms with Crippen LogP contribution in [0, 0.1) is 23.7 Å². The van der Waals surface area contributed by atoms with Crippen molar-refractivity contribution in [2.45, 2.75) is 38.1 Å².